The first-order chi connectivity index (χ1) is 6.30. The van der Waals surface area contributed by atoms with Crippen LogP contribution in [0, 0.1) is 6.92 Å². The zero-order valence-corrected chi connectivity index (χ0v) is 7.51. The molecule has 0 saturated carbocycles. The number of carbonyl (C=O) groups excluding carboxylic acids is 1. The minimum absolute atomic E-state index is 0.0184. The van der Waals surface area contributed by atoms with Gasteiger partial charge in [-0.3, -0.25) is 9.48 Å². The summed E-state index contributed by atoms with van der Waals surface area (Å²) in [5.41, 5.74) is 0.532. The third-order valence-corrected chi connectivity index (χ3v) is 1.50. The smallest absolute Gasteiger partial charge is 0.303 e. The van der Waals surface area contributed by atoms with Crippen LogP contribution in [0.5, 0.6) is 0 Å². The van der Waals surface area contributed by atoms with Crippen molar-refractivity contribution in [3.63, 3.8) is 0 Å². The Kier molecular flexibility index (Phi) is 2.50. The first kappa shape index (κ1) is 10.6. The largest absolute Gasteiger partial charge is 0.471 e. The molecule has 0 bridgehead atoms. The molecule has 7 heteroatoms. The number of aromatic nitrogens is 2. The maximum atomic E-state index is 11.8. The van der Waals surface area contributed by atoms with Gasteiger partial charge in [-0.05, 0) is 6.92 Å². The van der Waals surface area contributed by atoms with Gasteiger partial charge in [-0.2, -0.15) is 18.3 Å². The monoisotopic (exact) mass is 207 g/mol. The third kappa shape index (κ3) is 2.24. The van der Waals surface area contributed by atoms with E-state index in [2.05, 4.69) is 5.10 Å². The van der Waals surface area contributed by atoms with Crippen molar-refractivity contribution >= 4 is 11.7 Å². The number of hydrogen-bond donors (Lipinski definition) is 1. The van der Waals surface area contributed by atoms with E-state index in [0.717, 1.165) is 0 Å². The number of halogens is 3. The molecule has 0 aromatic carbocycles. The Morgan fingerprint density at radius 2 is 2.14 bits per heavy atom. The minimum atomic E-state index is -4.88. The number of nitrogens with one attached hydrogen (secondary N) is 1. The van der Waals surface area contributed by atoms with Crippen molar-refractivity contribution in [2.24, 2.45) is 7.05 Å². The molecule has 78 valence electrons. The average Bonchev–Trinajstić information content (AvgIpc) is 2.28. The predicted molar refractivity (Wildman–Crippen MR) is 42.6 cm³/mol. The van der Waals surface area contributed by atoms with E-state index in [1.807, 2.05) is 0 Å². The van der Waals surface area contributed by atoms with E-state index in [1.54, 1.807) is 12.2 Å². The molecule has 0 aliphatic carbocycles. The molecule has 1 N–H and O–H groups in total. The second kappa shape index (κ2) is 3.32. The lowest BCUT2D eigenvalue weighted by atomic mass is 10.4. The van der Waals surface area contributed by atoms with Crippen LogP contribution in [-0.2, 0) is 11.8 Å². The number of carbonyl (C=O) groups is 1. The fraction of sp³-hybridized carbons (Fsp3) is 0.429. The van der Waals surface area contributed by atoms with Crippen molar-refractivity contribution in [1.82, 2.24) is 9.78 Å². The lowest BCUT2D eigenvalue weighted by Gasteiger charge is -2.06. The summed E-state index contributed by atoms with van der Waals surface area (Å²) in [6, 6.07) is 1.35. The number of rotatable bonds is 1. The van der Waals surface area contributed by atoms with Gasteiger partial charge in [-0.1, -0.05) is 0 Å². The first-order valence-corrected chi connectivity index (χ1v) is 3.69. The Morgan fingerprint density at radius 3 is 2.50 bits per heavy atom. The highest BCUT2D eigenvalue weighted by molar-refractivity contribution is 5.94. The van der Waals surface area contributed by atoms with E-state index in [9.17, 15) is 18.0 Å². The highest BCUT2D eigenvalue weighted by Gasteiger charge is 2.39. The van der Waals surface area contributed by atoms with E-state index < -0.39 is 12.1 Å². The van der Waals surface area contributed by atoms with Crippen molar-refractivity contribution < 1.29 is 18.0 Å². The van der Waals surface area contributed by atoms with Crippen LogP contribution in [0.4, 0.5) is 19.0 Å². The van der Waals surface area contributed by atoms with Gasteiger partial charge < -0.3 is 5.32 Å². The van der Waals surface area contributed by atoms with Gasteiger partial charge >= 0.3 is 12.1 Å². The summed E-state index contributed by atoms with van der Waals surface area (Å²) in [7, 11) is 1.44. The van der Waals surface area contributed by atoms with Gasteiger partial charge in [0, 0.05) is 13.1 Å². The van der Waals surface area contributed by atoms with E-state index in [-0.39, 0.29) is 5.82 Å². The lowest BCUT2D eigenvalue weighted by Crippen LogP contribution is -2.30. The van der Waals surface area contributed by atoms with Crippen LogP contribution < -0.4 is 5.32 Å². The van der Waals surface area contributed by atoms with Crippen molar-refractivity contribution in [3.8, 4) is 0 Å². The van der Waals surface area contributed by atoms with Crippen LogP contribution in [0.25, 0.3) is 0 Å². The molecule has 0 atom stereocenters. The third-order valence-electron chi connectivity index (χ3n) is 1.50. The molecular formula is C7H8F3N3O. The Balaban J connectivity index is 2.80. The quantitative estimate of drug-likeness (QED) is 0.752. The fourth-order valence-corrected chi connectivity index (χ4v) is 0.915. The number of anilines is 1. The molecule has 0 aliphatic heterocycles. The molecule has 0 radical (unpaired) electrons. The van der Waals surface area contributed by atoms with Crippen LogP contribution >= 0.6 is 0 Å². The molecule has 1 aromatic rings. The van der Waals surface area contributed by atoms with Gasteiger partial charge in [0.15, 0.2) is 0 Å². The SMILES string of the molecule is Cc1cc(NC(=O)C(F)(F)F)n(C)n1. The Labute approximate surface area is 77.7 Å². The molecule has 4 nitrogen and oxygen atoms in total. The number of amides is 1. The van der Waals surface area contributed by atoms with E-state index in [0.29, 0.717) is 5.69 Å². The Bertz CT molecular complexity index is 356. The summed E-state index contributed by atoms with van der Waals surface area (Å²) in [6.45, 7) is 1.61. The van der Waals surface area contributed by atoms with E-state index >= 15 is 0 Å². The standard InChI is InChI=1S/C7H8F3N3O/c1-4-3-5(13(2)12-4)11-6(14)7(8,9)10/h3H,1-2H3,(H,11,14). The molecule has 1 amide bonds. The first-order valence-electron chi connectivity index (χ1n) is 3.69. The zero-order chi connectivity index (χ0) is 10.9. The fourth-order valence-electron chi connectivity index (χ4n) is 0.915. The molecule has 1 aromatic heterocycles. The Morgan fingerprint density at radius 1 is 1.57 bits per heavy atom. The molecule has 0 aliphatic rings. The average molecular weight is 207 g/mol. The molecule has 0 spiro atoms. The summed E-state index contributed by atoms with van der Waals surface area (Å²) in [5, 5.41) is 5.49. The van der Waals surface area contributed by atoms with Crippen LogP contribution in [0.1, 0.15) is 5.69 Å². The van der Waals surface area contributed by atoms with E-state index in [1.165, 1.54) is 17.8 Å². The van der Waals surface area contributed by atoms with Crippen molar-refractivity contribution in [2.75, 3.05) is 5.32 Å². The molecular weight excluding hydrogens is 199 g/mol. The van der Waals surface area contributed by atoms with Crippen molar-refractivity contribution in [3.05, 3.63) is 11.8 Å². The number of alkyl halides is 3. The molecule has 1 heterocycles. The summed E-state index contributed by atoms with van der Waals surface area (Å²) in [6.07, 6.45) is -4.88. The molecule has 0 saturated heterocycles. The highest BCUT2D eigenvalue weighted by atomic mass is 19.4. The van der Waals surface area contributed by atoms with Gasteiger partial charge in [-0.15, -0.1) is 0 Å². The normalized spacial score (nSPS) is 11.5. The van der Waals surface area contributed by atoms with Gasteiger partial charge in [0.2, 0.25) is 0 Å². The topological polar surface area (TPSA) is 46.9 Å². The maximum absolute atomic E-state index is 11.8. The van der Waals surface area contributed by atoms with Gasteiger partial charge in [0.05, 0.1) is 5.69 Å². The number of aryl methyl sites for hydroxylation is 2. The summed E-state index contributed by atoms with van der Waals surface area (Å²) in [5.74, 6) is -1.98. The van der Waals surface area contributed by atoms with Gasteiger partial charge in [0.1, 0.15) is 5.82 Å². The molecule has 1 rings (SSSR count). The second-order valence-electron chi connectivity index (χ2n) is 2.75. The molecule has 0 unspecified atom stereocenters. The van der Waals surface area contributed by atoms with Crippen LogP contribution in [-0.4, -0.2) is 21.9 Å². The van der Waals surface area contributed by atoms with E-state index in [4.69, 9.17) is 0 Å². The lowest BCUT2D eigenvalue weighted by molar-refractivity contribution is -0.167. The predicted octanol–water partition coefficient (Wildman–Crippen LogP) is 1.23. The number of hydrogen-bond acceptors (Lipinski definition) is 2. The Hall–Kier alpha value is -1.53. The molecule has 14 heavy (non-hydrogen) atoms. The number of nitrogens with zero attached hydrogens (tertiary/aromatic N) is 2. The van der Waals surface area contributed by atoms with Crippen LogP contribution in [0.2, 0.25) is 0 Å². The summed E-state index contributed by atoms with van der Waals surface area (Å²) >= 11 is 0. The second-order valence-corrected chi connectivity index (χ2v) is 2.75. The van der Waals surface area contributed by atoms with Crippen molar-refractivity contribution in [1.29, 1.82) is 0 Å². The van der Waals surface area contributed by atoms with Crippen LogP contribution in [0.3, 0.4) is 0 Å². The van der Waals surface area contributed by atoms with Crippen LogP contribution in [0.15, 0.2) is 6.07 Å². The maximum Gasteiger partial charge on any atom is 0.471 e. The molecule has 0 fully saturated rings. The summed E-state index contributed by atoms with van der Waals surface area (Å²) < 4.78 is 36.7. The zero-order valence-electron chi connectivity index (χ0n) is 7.51. The minimum Gasteiger partial charge on any atom is -0.303 e. The highest BCUT2D eigenvalue weighted by Crippen LogP contribution is 2.18. The van der Waals surface area contributed by atoms with Gasteiger partial charge in [-0.25, -0.2) is 0 Å². The summed E-state index contributed by atoms with van der Waals surface area (Å²) in [4.78, 5) is 10.5. The van der Waals surface area contributed by atoms with Gasteiger partial charge in [0.25, 0.3) is 0 Å². The van der Waals surface area contributed by atoms with Crippen molar-refractivity contribution in [2.45, 2.75) is 13.1 Å².